The second-order valence-electron chi connectivity index (χ2n) is 7.79. The molecule has 0 radical (unpaired) electrons. The first kappa shape index (κ1) is 19.1. The van der Waals surface area contributed by atoms with E-state index in [2.05, 4.69) is 46.1 Å². The lowest BCUT2D eigenvalue weighted by Crippen LogP contribution is -2.40. The van der Waals surface area contributed by atoms with Crippen LogP contribution < -0.4 is 5.32 Å². The molecule has 1 N–H and O–H groups in total. The van der Waals surface area contributed by atoms with Gasteiger partial charge in [-0.1, -0.05) is 12.1 Å². The van der Waals surface area contributed by atoms with Gasteiger partial charge in [-0.15, -0.1) is 0 Å². The van der Waals surface area contributed by atoms with Gasteiger partial charge in [-0.25, -0.2) is 19.9 Å². The third-order valence-electron chi connectivity index (χ3n) is 6.00. The summed E-state index contributed by atoms with van der Waals surface area (Å²) in [7, 11) is 0. The smallest absolute Gasteiger partial charge is 0.255 e. The Morgan fingerprint density at radius 2 is 1.87 bits per heavy atom. The minimum absolute atomic E-state index is 0.0506. The Labute approximate surface area is 183 Å². The molecule has 3 atom stereocenters. The molecule has 2 saturated heterocycles. The fourth-order valence-corrected chi connectivity index (χ4v) is 4.93. The van der Waals surface area contributed by atoms with E-state index in [1.165, 1.54) is 0 Å². The third-order valence-corrected chi connectivity index (χ3v) is 6.41. The highest BCUT2D eigenvalue weighted by Crippen LogP contribution is 2.41. The van der Waals surface area contributed by atoms with Gasteiger partial charge in [-0.3, -0.25) is 4.79 Å². The normalized spacial score (nSPS) is 22.3. The van der Waals surface area contributed by atoms with Gasteiger partial charge in [0.1, 0.15) is 0 Å². The Hall–Kier alpha value is -2.87. The van der Waals surface area contributed by atoms with Gasteiger partial charge in [0.2, 0.25) is 5.95 Å². The molecule has 30 heavy (non-hydrogen) atoms. The SMILES string of the molecule is Cc1cccc(C(=O)N2C3CCC2C(Nc2ncc(Br)cn2)C3)c1-c1ncccn1. The van der Waals surface area contributed by atoms with Crippen LogP contribution in [0.2, 0.25) is 0 Å². The highest BCUT2D eigenvalue weighted by atomic mass is 79.9. The van der Waals surface area contributed by atoms with Crippen LogP contribution in [-0.2, 0) is 0 Å². The number of rotatable bonds is 4. The Balaban J connectivity index is 1.44. The van der Waals surface area contributed by atoms with Crippen LogP contribution in [-0.4, -0.2) is 48.9 Å². The topological polar surface area (TPSA) is 83.9 Å². The summed E-state index contributed by atoms with van der Waals surface area (Å²) in [4.78, 5) is 33.2. The van der Waals surface area contributed by atoms with Crippen LogP contribution in [0.3, 0.4) is 0 Å². The molecule has 3 unspecified atom stereocenters. The predicted octanol–water partition coefficient (Wildman–Crippen LogP) is 3.86. The first-order valence-corrected chi connectivity index (χ1v) is 10.8. The number of hydrogen-bond acceptors (Lipinski definition) is 6. The van der Waals surface area contributed by atoms with Gasteiger partial charge < -0.3 is 10.2 Å². The number of nitrogens with one attached hydrogen (secondary N) is 1. The number of carbonyl (C=O) groups excluding carboxylic acids is 1. The Kier molecular flexibility index (Phi) is 4.94. The van der Waals surface area contributed by atoms with Crippen LogP contribution >= 0.6 is 15.9 Å². The molecule has 152 valence electrons. The monoisotopic (exact) mass is 464 g/mol. The van der Waals surface area contributed by atoms with E-state index in [4.69, 9.17) is 0 Å². The fourth-order valence-electron chi connectivity index (χ4n) is 4.72. The molecule has 1 amide bonds. The molecule has 0 spiro atoms. The van der Waals surface area contributed by atoms with Crippen molar-refractivity contribution in [1.29, 1.82) is 0 Å². The number of nitrogens with zero attached hydrogens (tertiary/aromatic N) is 5. The Morgan fingerprint density at radius 1 is 1.10 bits per heavy atom. The van der Waals surface area contributed by atoms with E-state index in [1.807, 2.05) is 25.1 Å². The predicted molar refractivity (Wildman–Crippen MR) is 117 cm³/mol. The third kappa shape index (κ3) is 3.35. The van der Waals surface area contributed by atoms with Crippen molar-refractivity contribution in [3.05, 3.63) is 64.7 Å². The van der Waals surface area contributed by atoms with Crippen molar-refractivity contribution >= 4 is 27.8 Å². The minimum atomic E-state index is 0.0506. The molecule has 2 aromatic heterocycles. The number of carbonyl (C=O) groups is 1. The summed E-state index contributed by atoms with van der Waals surface area (Å²) in [6.45, 7) is 2.00. The van der Waals surface area contributed by atoms with E-state index in [9.17, 15) is 4.79 Å². The molecule has 2 aliphatic heterocycles. The van der Waals surface area contributed by atoms with E-state index in [0.29, 0.717) is 17.3 Å². The summed E-state index contributed by atoms with van der Waals surface area (Å²) < 4.78 is 0.841. The zero-order valence-corrected chi connectivity index (χ0v) is 18.1. The van der Waals surface area contributed by atoms with Gasteiger partial charge in [-0.2, -0.15) is 0 Å². The molecule has 8 heteroatoms. The zero-order chi connectivity index (χ0) is 20.7. The first-order valence-electron chi connectivity index (χ1n) is 10.1. The molecule has 2 aliphatic rings. The number of aryl methyl sites for hydroxylation is 1. The van der Waals surface area contributed by atoms with Gasteiger partial charge in [0, 0.05) is 36.4 Å². The van der Waals surface area contributed by atoms with Gasteiger partial charge in [0.15, 0.2) is 5.82 Å². The number of halogens is 1. The molecule has 3 aromatic rings. The van der Waals surface area contributed by atoms with Crippen LogP contribution in [0.25, 0.3) is 11.4 Å². The minimum Gasteiger partial charge on any atom is -0.349 e. The second kappa shape index (κ2) is 7.75. The summed E-state index contributed by atoms with van der Waals surface area (Å²) in [5.41, 5.74) is 2.48. The molecule has 2 fully saturated rings. The van der Waals surface area contributed by atoms with Crippen LogP contribution in [0.15, 0.2) is 53.5 Å². The van der Waals surface area contributed by atoms with E-state index in [1.54, 1.807) is 30.9 Å². The van der Waals surface area contributed by atoms with Gasteiger partial charge in [-0.05, 0) is 59.8 Å². The van der Waals surface area contributed by atoms with Crippen molar-refractivity contribution in [3.8, 4) is 11.4 Å². The molecule has 0 saturated carbocycles. The molecule has 5 rings (SSSR count). The van der Waals surface area contributed by atoms with E-state index in [0.717, 1.165) is 34.9 Å². The van der Waals surface area contributed by atoms with Gasteiger partial charge >= 0.3 is 0 Å². The summed E-state index contributed by atoms with van der Waals surface area (Å²) in [5.74, 6) is 1.23. The number of hydrogen-bond donors (Lipinski definition) is 1. The highest BCUT2D eigenvalue weighted by Gasteiger charge is 2.49. The summed E-state index contributed by atoms with van der Waals surface area (Å²) in [5, 5.41) is 3.43. The first-order chi connectivity index (χ1) is 14.6. The summed E-state index contributed by atoms with van der Waals surface area (Å²) in [6.07, 6.45) is 9.78. The van der Waals surface area contributed by atoms with Crippen LogP contribution in [0.1, 0.15) is 35.2 Å². The number of fused-ring (bicyclic) bond motifs is 2. The number of amides is 1. The lowest BCUT2D eigenvalue weighted by molar-refractivity contribution is 0.0728. The lowest BCUT2D eigenvalue weighted by Gasteiger charge is -2.26. The molecule has 4 heterocycles. The molecular weight excluding hydrogens is 444 g/mol. The average Bonchev–Trinajstić information content (AvgIpc) is 3.33. The number of benzene rings is 1. The standard InChI is InChI=1S/C22H21BrN6O/c1-13-4-2-5-16(19(13)20-24-8-3-9-25-20)21(30)29-15-6-7-18(29)17(10-15)28-22-26-11-14(23)12-27-22/h2-5,8-9,11-12,15,17-18H,6-7,10H2,1H3,(H,26,27,28). The average molecular weight is 465 g/mol. The van der Waals surface area contributed by atoms with Crippen molar-refractivity contribution in [1.82, 2.24) is 24.8 Å². The quantitative estimate of drug-likeness (QED) is 0.630. The van der Waals surface area contributed by atoms with Crippen LogP contribution in [0.5, 0.6) is 0 Å². The maximum atomic E-state index is 13.7. The number of anilines is 1. The summed E-state index contributed by atoms with van der Waals surface area (Å²) >= 11 is 3.36. The Bertz CT molecular complexity index is 1070. The number of aromatic nitrogens is 4. The van der Waals surface area contributed by atoms with Crippen LogP contribution in [0, 0.1) is 6.92 Å². The Morgan fingerprint density at radius 3 is 2.63 bits per heavy atom. The molecule has 0 aliphatic carbocycles. The molecule has 1 aromatic carbocycles. The fraction of sp³-hybridized carbons (Fsp3) is 0.318. The molecule has 7 nitrogen and oxygen atoms in total. The van der Waals surface area contributed by atoms with E-state index >= 15 is 0 Å². The summed E-state index contributed by atoms with van der Waals surface area (Å²) in [6, 6.07) is 8.09. The maximum absolute atomic E-state index is 13.7. The molecule has 2 bridgehead atoms. The van der Waals surface area contributed by atoms with Gasteiger partial charge in [0.05, 0.1) is 22.1 Å². The second-order valence-corrected chi connectivity index (χ2v) is 8.71. The zero-order valence-electron chi connectivity index (χ0n) is 16.5. The van der Waals surface area contributed by atoms with Gasteiger partial charge in [0.25, 0.3) is 5.91 Å². The molecular formula is C22H21BrN6O. The highest BCUT2D eigenvalue weighted by molar-refractivity contribution is 9.10. The van der Waals surface area contributed by atoms with E-state index < -0.39 is 0 Å². The van der Waals surface area contributed by atoms with Crippen molar-refractivity contribution in [2.24, 2.45) is 0 Å². The lowest BCUT2D eigenvalue weighted by atomic mass is 9.96. The maximum Gasteiger partial charge on any atom is 0.255 e. The van der Waals surface area contributed by atoms with Crippen LogP contribution in [0.4, 0.5) is 5.95 Å². The largest absolute Gasteiger partial charge is 0.349 e. The van der Waals surface area contributed by atoms with Crippen molar-refractivity contribution < 1.29 is 4.79 Å². The van der Waals surface area contributed by atoms with Crippen molar-refractivity contribution in [2.45, 2.75) is 44.3 Å². The van der Waals surface area contributed by atoms with Crippen molar-refractivity contribution in [2.75, 3.05) is 5.32 Å². The van der Waals surface area contributed by atoms with Crippen molar-refractivity contribution in [3.63, 3.8) is 0 Å². The van der Waals surface area contributed by atoms with E-state index in [-0.39, 0.29) is 24.0 Å².